The summed E-state index contributed by atoms with van der Waals surface area (Å²) >= 11 is 0. The van der Waals surface area contributed by atoms with E-state index >= 15 is 0 Å². The molecule has 2 aliphatic heterocycles. The van der Waals surface area contributed by atoms with Gasteiger partial charge in [0.05, 0.1) is 5.92 Å². The fourth-order valence-electron chi connectivity index (χ4n) is 3.37. The molecule has 5 heteroatoms. The van der Waals surface area contributed by atoms with Gasteiger partial charge in [-0.25, -0.2) is 0 Å². The van der Waals surface area contributed by atoms with E-state index in [0.717, 1.165) is 58.7 Å². The maximum Gasteiger partial charge on any atom is 0.224 e. The van der Waals surface area contributed by atoms with Crippen molar-refractivity contribution in [3.8, 4) is 0 Å². The lowest BCUT2D eigenvalue weighted by molar-refractivity contribution is -0.125. The molecule has 0 radical (unpaired) electrons. The molecule has 0 aromatic rings. The fraction of sp³-hybridized carbons (Fsp3) is 0.938. The van der Waals surface area contributed by atoms with Crippen molar-refractivity contribution in [2.24, 2.45) is 11.8 Å². The number of piperidine rings is 1. The predicted molar refractivity (Wildman–Crippen MR) is 86.3 cm³/mol. The minimum absolute atomic E-state index is 0.166. The highest BCUT2D eigenvalue weighted by Gasteiger charge is 2.27. The number of rotatable bonds is 5. The molecule has 0 aliphatic carbocycles. The zero-order chi connectivity index (χ0) is 15.2. The molecule has 0 aromatic heterocycles. The van der Waals surface area contributed by atoms with E-state index in [0.29, 0.717) is 12.0 Å². The monoisotopic (exact) mass is 296 g/mol. The molecule has 0 bridgehead atoms. The Morgan fingerprint density at radius 3 is 2.57 bits per heavy atom. The zero-order valence-corrected chi connectivity index (χ0v) is 13.9. The second-order valence-corrected chi connectivity index (χ2v) is 6.94. The number of nitrogens with zero attached hydrogens (tertiary/aromatic N) is 2. The number of hydrogen-bond donors (Lipinski definition) is 2. The number of amides is 1. The van der Waals surface area contributed by atoms with Gasteiger partial charge in [-0.3, -0.25) is 9.69 Å². The van der Waals surface area contributed by atoms with E-state index in [9.17, 15) is 4.79 Å². The lowest BCUT2D eigenvalue weighted by Crippen LogP contribution is -2.55. The van der Waals surface area contributed by atoms with Gasteiger partial charge in [0.2, 0.25) is 5.91 Å². The number of carbonyl (C=O) groups excluding carboxylic acids is 1. The first kappa shape index (κ1) is 16.7. The van der Waals surface area contributed by atoms with Crippen LogP contribution in [0, 0.1) is 11.8 Å². The van der Waals surface area contributed by atoms with Crippen molar-refractivity contribution in [2.75, 3.05) is 52.9 Å². The van der Waals surface area contributed by atoms with Gasteiger partial charge in [0, 0.05) is 45.3 Å². The van der Waals surface area contributed by atoms with Gasteiger partial charge in [-0.15, -0.1) is 0 Å². The second-order valence-electron chi connectivity index (χ2n) is 6.94. The summed E-state index contributed by atoms with van der Waals surface area (Å²) in [5.41, 5.74) is 0. The third-order valence-corrected chi connectivity index (χ3v) is 4.93. The van der Waals surface area contributed by atoms with Crippen LogP contribution in [0.3, 0.4) is 0 Å². The lowest BCUT2D eigenvalue weighted by atomic mass is 9.97. The SMILES string of the molecule is CC(C)C(CNC(=O)[C@H]1CCCNC1)N1CCN(C)CC1. The summed E-state index contributed by atoms with van der Waals surface area (Å²) in [6.45, 7) is 11.7. The molecule has 0 spiro atoms. The van der Waals surface area contributed by atoms with Crippen molar-refractivity contribution in [3.63, 3.8) is 0 Å². The zero-order valence-electron chi connectivity index (χ0n) is 13.9. The van der Waals surface area contributed by atoms with Crippen LogP contribution in [0.5, 0.6) is 0 Å². The molecule has 5 nitrogen and oxygen atoms in total. The molecule has 2 aliphatic rings. The average molecular weight is 296 g/mol. The smallest absolute Gasteiger partial charge is 0.224 e. The predicted octanol–water partition coefficient (Wildman–Crippen LogP) is 0.374. The quantitative estimate of drug-likeness (QED) is 0.770. The highest BCUT2D eigenvalue weighted by molar-refractivity contribution is 5.79. The Morgan fingerprint density at radius 1 is 1.29 bits per heavy atom. The molecule has 1 unspecified atom stereocenters. The molecule has 2 N–H and O–H groups in total. The van der Waals surface area contributed by atoms with Gasteiger partial charge >= 0.3 is 0 Å². The summed E-state index contributed by atoms with van der Waals surface area (Å²) in [6, 6.07) is 0.458. The summed E-state index contributed by atoms with van der Waals surface area (Å²) in [5, 5.41) is 6.53. The molecule has 2 rings (SSSR count). The molecule has 1 amide bonds. The fourth-order valence-corrected chi connectivity index (χ4v) is 3.37. The van der Waals surface area contributed by atoms with Gasteiger partial charge in [-0.05, 0) is 32.4 Å². The van der Waals surface area contributed by atoms with Crippen molar-refractivity contribution in [3.05, 3.63) is 0 Å². The van der Waals surface area contributed by atoms with Crippen LogP contribution in [0.15, 0.2) is 0 Å². The molecular formula is C16H32N4O. The number of piperazine rings is 1. The maximum atomic E-state index is 12.3. The summed E-state index contributed by atoms with van der Waals surface area (Å²) < 4.78 is 0. The van der Waals surface area contributed by atoms with E-state index in [1.54, 1.807) is 0 Å². The third-order valence-electron chi connectivity index (χ3n) is 4.93. The van der Waals surface area contributed by atoms with Crippen LogP contribution in [0.25, 0.3) is 0 Å². The van der Waals surface area contributed by atoms with Crippen molar-refractivity contribution in [1.29, 1.82) is 0 Å². The molecular weight excluding hydrogens is 264 g/mol. The van der Waals surface area contributed by atoms with Crippen LogP contribution in [-0.4, -0.2) is 74.6 Å². The van der Waals surface area contributed by atoms with Gasteiger partial charge in [0.15, 0.2) is 0 Å². The number of hydrogen-bond acceptors (Lipinski definition) is 4. The Balaban J connectivity index is 1.80. The second kappa shape index (κ2) is 8.11. The number of nitrogens with one attached hydrogen (secondary N) is 2. The molecule has 2 fully saturated rings. The highest BCUT2D eigenvalue weighted by atomic mass is 16.1. The van der Waals surface area contributed by atoms with Crippen molar-refractivity contribution in [1.82, 2.24) is 20.4 Å². The highest BCUT2D eigenvalue weighted by Crippen LogP contribution is 2.14. The Morgan fingerprint density at radius 2 is 2.00 bits per heavy atom. The van der Waals surface area contributed by atoms with Gasteiger partial charge in [0.1, 0.15) is 0 Å². The summed E-state index contributed by atoms with van der Waals surface area (Å²) in [7, 11) is 2.18. The molecule has 21 heavy (non-hydrogen) atoms. The Labute approximate surface area is 129 Å². The van der Waals surface area contributed by atoms with Crippen molar-refractivity contribution >= 4 is 5.91 Å². The molecule has 2 atom stereocenters. The minimum Gasteiger partial charge on any atom is -0.354 e. The molecule has 2 heterocycles. The average Bonchev–Trinajstić information content (AvgIpc) is 2.49. The first-order valence-electron chi connectivity index (χ1n) is 8.49. The van der Waals surface area contributed by atoms with E-state index < -0.39 is 0 Å². The third kappa shape index (κ3) is 4.94. The van der Waals surface area contributed by atoms with Crippen LogP contribution in [0.4, 0.5) is 0 Å². The number of likely N-dealkylation sites (N-methyl/N-ethyl adjacent to an activating group) is 1. The minimum atomic E-state index is 0.166. The van der Waals surface area contributed by atoms with E-state index in [4.69, 9.17) is 0 Å². The maximum absolute atomic E-state index is 12.3. The largest absolute Gasteiger partial charge is 0.354 e. The van der Waals surface area contributed by atoms with Gasteiger partial charge in [-0.1, -0.05) is 13.8 Å². The Kier molecular flexibility index (Phi) is 6.45. The van der Waals surface area contributed by atoms with Crippen LogP contribution in [0.2, 0.25) is 0 Å². The summed E-state index contributed by atoms with van der Waals surface area (Å²) in [4.78, 5) is 17.2. The van der Waals surface area contributed by atoms with Crippen LogP contribution >= 0.6 is 0 Å². The topological polar surface area (TPSA) is 47.6 Å². The first-order chi connectivity index (χ1) is 10.1. The Bertz CT molecular complexity index is 320. The van der Waals surface area contributed by atoms with Crippen molar-refractivity contribution < 1.29 is 4.79 Å². The normalized spacial score (nSPS) is 26.8. The van der Waals surface area contributed by atoms with Crippen LogP contribution in [0.1, 0.15) is 26.7 Å². The molecule has 2 saturated heterocycles. The summed E-state index contributed by atoms with van der Waals surface area (Å²) in [5.74, 6) is 0.971. The van der Waals surface area contributed by atoms with Gasteiger partial charge in [0.25, 0.3) is 0 Å². The Hall–Kier alpha value is -0.650. The molecule has 122 valence electrons. The van der Waals surface area contributed by atoms with Gasteiger partial charge in [-0.2, -0.15) is 0 Å². The van der Waals surface area contributed by atoms with Crippen LogP contribution < -0.4 is 10.6 Å². The lowest BCUT2D eigenvalue weighted by Gasteiger charge is -2.40. The van der Waals surface area contributed by atoms with E-state index in [1.807, 2.05) is 0 Å². The number of carbonyl (C=O) groups is 1. The van der Waals surface area contributed by atoms with E-state index in [2.05, 4.69) is 41.3 Å². The summed E-state index contributed by atoms with van der Waals surface area (Å²) in [6.07, 6.45) is 2.14. The van der Waals surface area contributed by atoms with E-state index in [1.165, 1.54) is 0 Å². The van der Waals surface area contributed by atoms with Crippen LogP contribution in [-0.2, 0) is 4.79 Å². The van der Waals surface area contributed by atoms with E-state index in [-0.39, 0.29) is 11.8 Å². The molecule has 0 saturated carbocycles. The standard InChI is InChI=1S/C16H32N4O/c1-13(2)15(20-9-7-19(3)8-10-20)12-18-16(21)14-5-4-6-17-11-14/h13-15,17H,4-12H2,1-3H3,(H,18,21)/t14-,15?/m0/s1. The first-order valence-corrected chi connectivity index (χ1v) is 8.49. The van der Waals surface area contributed by atoms with Crippen molar-refractivity contribution in [2.45, 2.75) is 32.7 Å². The molecule has 0 aromatic carbocycles. The van der Waals surface area contributed by atoms with Gasteiger partial charge < -0.3 is 15.5 Å².